The van der Waals surface area contributed by atoms with Crippen LogP contribution >= 0.6 is 0 Å². The largest absolute Gasteiger partial charge is 0.491 e. The van der Waals surface area contributed by atoms with Gasteiger partial charge < -0.3 is 14.7 Å². The zero-order valence-corrected chi connectivity index (χ0v) is 13.7. The number of hydrogen-bond donors (Lipinski definition) is 1. The molecule has 1 saturated heterocycles. The number of piperazine rings is 1. The van der Waals surface area contributed by atoms with Gasteiger partial charge in [-0.3, -0.25) is 14.5 Å². The smallest absolute Gasteiger partial charge is 0.219 e. The van der Waals surface area contributed by atoms with Crippen molar-refractivity contribution < 1.29 is 19.4 Å². The maximum absolute atomic E-state index is 11.3. The molecule has 0 aromatic heterocycles. The molecule has 0 spiro atoms. The molecule has 1 amide bonds. The number of ether oxygens (including phenoxy) is 1. The lowest BCUT2D eigenvalue weighted by atomic mass is 10.1. The standard InChI is InChI=1S/C17H24N2O4/c1-13(20)15-4-3-5-17(10-15)23-12-16(22)11-18-6-8-19(9-7-18)14(2)21/h3-5,10,16,22H,6-9,11-12H2,1-2H3. The van der Waals surface area contributed by atoms with Crippen LogP contribution in [0.25, 0.3) is 0 Å². The first kappa shape index (κ1) is 17.4. The van der Waals surface area contributed by atoms with E-state index in [9.17, 15) is 14.7 Å². The monoisotopic (exact) mass is 320 g/mol. The molecule has 6 heteroatoms. The van der Waals surface area contributed by atoms with Crippen molar-refractivity contribution in [3.8, 4) is 5.75 Å². The predicted octanol–water partition coefficient (Wildman–Crippen LogP) is 0.793. The van der Waals surface area contributed by atoms with Crippen molar-refractivity contribution in [2.24, 2.45) is 0 Å². The number of β-amino-alcohol motifs (C(OH)–C–C–N with tert-alkyl or cyclic N) is 1. The summed E-state index contributed by atoms with van der Waals surface area (Å²) in [6, 6.07) is 6.95. The van der Waals surface area contributed by atoms with Gasteiger partial charge in [0.2, 0.25) is 5.91 Å². The lowest BCUT2D eigenvalue weighted by Crippen LogP contribution is -2.50. The van der Waals surface area contributed by atoms with Crippen molar-refractivity contribution in [1.82, 2.24) is 9.80 Å². The number of nitrogens with zero attached hydrogens (tertiary/aromatic N) is 2. The molecule has 1 aliphatic heterocycles. The lowest BCUT2D eigenvalue weighted by molar-refractivity contribution is -0.130. The summed E-state index contributed by atoms with van der Waals surface area (Å²) in [5.41, 5.74) is 0.595. The Balaban J connectivity index is 1.75. The van der Waals surface area contributed by atoms with E-state index in [0.717, 1.165) is 13.1 Å². The second-order valence-electron chi connectivity index (χ2n) is 5.86. The average molecular weight is 320 g/mol. The van der Waals surface area contributed by atoms with E-state index in [0.29, 0.717) is 30.9 Å². The van der Waals surface area contributed by atoms with Crippen molar-refractivity contribution >= 4 is 11.7 Å². The topological polar surface area (TPSA) is 70.1 Å². The van der Waals surface area contributed by atoms with Crippen LogP contribution < -0.4 is 4.74 Å². The van der Waals surface area contributed by atoms with Gasteiger partial charge in [-0.2, -0.15) is 0 Å². The molecule has 1 unspecified atom stereocenters. The molecule has 1 aromatic rings. The van der Waals surface area contributed by atoms with E-state index in [-0.39, 0.29) is 18.3 Å². The van der Waals surface area contributed by atoms with Gasteiger partial charge >= 0.3 is 0 Å². The molecule has 1 heterocycles. The summed E-state index contributed by atoms with van der Waals surface area (Å²) in [4.78, 5) is 26.5. The van der Waals surface area contributed by atoms with E-state index in [1.54, 1.807) is 31.2 Å². The van der Waals surface area contributed by atoms with Crippen LogP contribution in [0.1, 0.15) is 24.2 Å². The summed E-state index contributed by atoms with van der Waals surface area (Å²) in [6.45, 7) is 6.69. The number of hydrogen-bond acceptors (Lipinski definition) is 5. The number of Topliss-reactive ketones (excluding diaryl/α,β-unsaturated/α-hetero) is 1. The van der Waals surface area contributed by atoms with Crippen LogP contribution in [0.15, 0.2) is 24.3 Å². The van der Waals surface area contributed by atoms with Crippen LogP contribution in [0.3, 0.4) is 0 Å². The van der Waals surface area contributed by atoms with Gasteiger partial charge in [-0.05, 0) is 19.1 Å². The molecule has 1 atom stereocenters. The second kappa shape index (κ2) is 8.08. The van der Waals surface area contributed by atoms with E-state index in [4.69, 9.17) is 4.74 Å². The Labute approximate surface area is 136 Å². The fraction of sp³-hybridized carbons (Fsp3) is 0.529. The third-order valence-electron chi connectivity index (χ3n) is 3.97. The third kappa shape index (κ3) is 5.33. The number of amides is 1. The maximum Gasteiger partial charge on any atom is 0.219 e. The fourth-order valence-electron chi connectivity index (χ4n) is 2.59. The van der Waals surface area contributed by atoms with Gasteiger partial charge in [0.25, 0.3) is 0 Å². The highest BCUT2D eigenvalue weighted by Gasteiger charge is 2.20. The first-order valence-electron chi connectivity index (χ1n) is 7.85. The molecule has 1 aromatic carbocycles. The van der Waals surface area contributed by atoms with E-state index >= 15 is 0 Å². The minimum absolute atomic E-state index is 0.0145. The Morgan fingerprint density at radius 3 is 2.52 bits per heavy atom. The molecular formula is C17H24N2O4. The van der Waals surface area contributed by atoms with Crippen molar-refractivity contribution in [2.75, 3.05) is 39.3 Å². The number of aliphatic hydroxyl groups excluding tert-OH is 1. The van der Waals surface area contributed by atoms with E-state index in [2.05, 4.69) is 4.90 Å². The highest BCUT2D eigenvalue weighted by atomic mass is 16.5. The molecule has 1 N–H and O–H groups in total. The molecule has 6 nitrogen and oxygen atoms in total. The predicted molar refractivity (Wildman–Crippen MR) is 86.6 cm³/mol. The molecular weight excluding hydrogens is 296 g/mol. The third-order valence-corrected chi connectivity index (χ3v) is 3.97. The van der Waals surface area contributed by atoms with Crippen LogP contribution in [-0.4, -0.2) is 72.0 Å². The van der Waals surface area contributed by atoms with E-state index in [1.807, 2.05) is 4.90 Å². The Morgan fingerprint density at radius 2 is 1.91 bits per heavy atom. The first-order valence-corrected chi connectivity index (χ1v) is 7.85. The summed E-state index contributed by atoms with van der Waals surface area (Å²) in [5.74, 6) is 0.663. The molecule has 126 valence electrons. The van der Waals surface area contributed by atoms with Gasteiger partial charge in [-0.1, -0.05) is 12.1 Å². The highest BCUT2D eigenvalue weighted by Crippen LogP contribution is 2.14. The van der Waals surface area contributed by atoms with E-state index < -0.39 is 6.10 Å². The molecule has 0 aliphatic carbocycles. The summed E-state index contributed by atoms with van der Waals surface area (Å²) in [5, 5.41) is 10.1. The molecule has 2 rings (SSSR count). The molecule has 1 aliphatic rings. The molecule has 1 fully saturated rings. The van der Waals surface area contributed by atoms with Gasteiger partial charge in [-0.25, -0.2) is 0 Å². The van der Waals surface area contributed by atoms with Crippen molar-refractivity contribution in [3.63, 3.8) is 0 Å². The zero-order valence-electron chi connectivity index (χ0n) is 13.7. The summed E-state index contributed by atoms with van der Waals surface area (Å²) >= 11 is 0. The summed E-state index contributed by atoms with van der Waals surface area (Å²) < 4.78 is 5.57. The normalized spacial score (nSPS) is 16.9. The molecule has 0 radical (unpaired) electrons. The zero-order chi connectivity index (χ0) is 16.8. The van der Waals surface area contributed by atoms with Gasteiger partial charge in [-0.15, -0.1) is 0 Å². The van der Waals surface area contributed by atoms with Crippen molar-refractivity contribution in [2.45, 2.75) is 20.0 Å². The van der Waals surface area contributed by atoms with Gasteiger partial charge in [0.1, 0.15) is 18.5 Å². The maximum atomic E-state index is 11.3. The number of ketones is 1. The fourth-order valence-corrected chi connectivity index (χ4v) is 2.59. The SMILES string of the molecule is CC(=O)c1cccc(OCC(O)CN2CCN(C(C)=O)CC2)c1. The van der Waals surface area contributed by atoms with Crippen molar-refractivity contribution in [1.29, 1.82) is 0 Å². The number of carbonyl (C=O) groups is 2. The highest BCUT2D eigenvalue weighted by molar-refractivity contribution is 5.94. The molecule has 0 bridgehead atoms. The number of aliphatic hydroxyl groups is 1. The van der Waals surface area contributed by atoms with Gasteiger partial charge in [0.15, 0.2) is 5.78 Å². The lowest BCUT2D eigenvalue weighted by Gasteiger charge is -2.35. The van der Waals surface area contributed by atoms with Gasteiger partial charge in [0.05, 0.1) is 0 Å². The average Bonchev–Trinajstić information content (AvgIpc) is 2.53. The van der Waals surface area contributed by atoms with Gasteiger partial charge in [0, 0.05) is 45.2 Å². The number of rotatable bonds is 6. The molecule has 23 heavy (non-hydrogen) atoms. The Morgan fingerprint density at radius 1 is 1.22 bits per heavy atom. The Bertz CT molecular complexity index is 553. The first-order chi connectivity index (χ1) is 11.0. The van der Waals surface area contributed by atoms with Crippen LogP contribution in [0.4, 0.5) is 0 Å². The Kier molecular flexibility index (Phi) is 6.12. The van der Waals surface area contributed by atoms with Crippen LogP contribution in [0.5, 0.6) is 5.75 Å². The minimum Gasteiger partial charge on any atom is -0.491 e. The van der Waals surface area contributed by atoms with Crippen LogP contribution in [0, 0.1) is 0 Å². The van der Waals surface area contributed by atoms with Crippen LogP contribution in [-0.2, 0) is 4.79 Å². The van der Waals surface area contributed by atoms with E-state index in [1.165, 1.54) is 6.92 Å². The number of carbonyl (C=O) groups excluding carboxylic acids is 2. The summed E-state index contributed by atoms with van der Waals surface area (Å²) in [7, 11) is 0. The number of benzene rings is 1. The quantitative estimate of drug-likeness (QED) is 0.785. The second-order valence-corrected chi connectivity index (χ2v) is 5.86. The van der Waals surface area contributed by atoms with Crippen LogP contribution in [0.2, 0.25) is 0 Å². The minimum atomic E-state index is -0.611. The van der Waals surface area contributed by atoms with Crippen molar-refractivity contribution in [3.05, 3.63) is 29.8 Å². The molecule has 0 saturated carbocycles. The Hall–Kier alpha value is -1.92. The summed E-state index contributed by atoms with van der Waals surface area (Å²) in [6.07, 6.45) is -0.611.